The Bertz CT molecular complexity index is 1840. The molecule has 226 valence electrons. The van der Waals surface area contributed by atoms with Crippen molar-refractivity contribution in [1.29, 1.82) is 0 Å². The molecule has 0 spiro atoms. The molecule has 0 bridgehead atoms. The Labute approximate surface area is 264 Å². The van der Waals surface area contributed by atoms with Crippen LogP contribution in [0.2, 0.25) is 6.32 Å². The number of fused-ring (bicyclic) bond motifs is 5. The van der Waals surface area contributed by atoms with Crippen LogP contribution in [0.4, 0.5) is 0 Å². The molecule has 4 aromatic rings. The van der Waals surface area contributed by atoms with Crippen molar-refractivity contribution in [3.05, 3.63) is 124 Å². The molecule has 1 saturated heterocycles. The summed E-state index contributed by atoms with van der Waals surface area (Å²) in [6.07, 6.45) is 5.80. The molecule has 0 amide bonds. The maximum atomic E-state index is 14.0. The Morgan fingerprint density at radius 3 is 2.31 bits per heavy atom. The highest BCUT2D eigenvalue weighted by atomic mass is 16.5. The van der Waals surface area contributed by atoms with Gasteiger partial charge in [-0.25, -0.2) is 0 Å². The van der Waals surface area contributed by atoms with Gasteiger partial charge in [0.05, 0.1) is 6.10 Å². The van der Waals surface area contributed by atoms with Crippen LogP contribution in [0.5, 0.6) is 5.75 Å². The fourth-order valence-electron chi connectivity index (χ4n) is 8.07. The summed E-state index contributed by atoms with van der Waals surface area (Å²) in [6, 6.07) is 29.0. The number of carbonyl (C=O) groups is 2. The predicted octanol–water partition coefficient (Wildman–Crippen LogP) is 8.17. The third kappa shape index (κ3) is 5.36. The zero-order chi connectivity index (χ0) is 31.1. The van der Waals surface area contributed by atoms with Crippen molar-refractivity contribution < 1.29 is 24.4 Å². The normalized spacial score (nSPS) is 23.2. The monoisotopic (exact) mass is 596 g/mol. The van der Waals surface area contributed by atoms with Crippen LogP contribution in [-0.2, 0) is 4.65 Å². The minimum atomic E-state index is -1.00. The zero-order valence-electron chi connectivity index (χ0n) is 25.5. The van der Waals surface area contributed by atoms with Crippen LogP contribution in [0.15, 0.2) is 102 Å². The first-order valence-corrected chi connectivity index (χ1v) is 16.1. The number of Topliss-reactive ketones (excluding diaryl/α,β-unsaturated/α-hetero) is 2. The van der Waals surface area contributed by atoms with E-state index in [-0.39, 0.29) is 29.3 Å². The van der Waals surface area contributed by atoms with E-state index in [9.17, 15) is 19.7 Å². The van der Waals surface area contributed by atoms with E-state index in [1.165, 1.54) is 5.57 Å². The summed E-state index contributed by atoms with van der Waals surface area (Å²) in [4.78, 5) is 27.7. The van der Waals surface area contributed by atoms with E-state index >= 15 is 0 Å². The molecule has 1 aliphatic heterocycles. The average molecular weight is 597 g/mol. The molecule has 4 atom stereocenters. The standard InChI is InChI=1S/C39H37BO5/c1-2-10-27-22-32-37(39(43)31-16-9-8-15-30(31)38(32)42)33-23-40(44)45-35(36(27)33)20-18-25(24-11-4-3-5-12-24)21-26-17-19-34(41)29-14-7-6-13-28(26)29/h3-9,11-17,19,21,32-33,35,37,41,44H,2,10,18,20,22-23H2,1H3/b25-21-/t32-,33+,35-,37-/m1/s1. The highest BCUT2D eigenvalue weighted by Gasteiger charge is 2.53. The molecular weight excluding hydrogens is 559 g/mol. The second kappa shape index (κ2) is 12.3. The Hall–Kier alpha value is -4.26. The maximum Gasteiger partial charge on any atom is 0.455 e. The summed E-state index contributed by atoms with van der Waals surface area (Å²) in [7, 11) is -1.00. The van der Waals surface area contributed by atoms with Crippen LogP contribution < -0.4 is 0 Å². The highest BCUT2D eigenvalue weighted by Crippen LogP contribution is 2.52. The molecule has 0 unspecified atom stereocenters. The fraction of sp³-hybridized carbons (Fsp3) is 0.282. The lowest BCUT2D eigenvalue weighted by atomic mass is 9.54. The van der Waals surface area contributed by atoms with Crippen molar-refractivity contribution in [2.75, 3.05) is 0 Å². The summed E-state index contributed by atoms with van der Waals surface area (Å²) in [5, 5.41) is 23.3. The summed E-state index contributed by atoms with van der Waals surface area (Å²) in [5.41, 5.74) is 6.62. The second-order valence-electron chi connectivity index (χ2n) is 12.6. The molecule has 3 aliphatic rings. The quantitative estimate of drug-likeness (QED) is 0.128. The van der Waals surface area contributed by atoms with Gasteiger partial charge in [-0.15, -0.1) is 0 Å². The van der Waals surface area contributed by atoms with Crippen molar-refractivity contribution in [1.82, 2.24) is 0 Å². The molecule has 0 aromatic heterocycles. The Kier molecular flexibility index (Phi) is 8.03. The van der Waals surface area contributed by atoms with E-state index in [0.29, 0.717) is 36.7 Å². The second-order valence-corrected chi connectivity index (χ2v) is 12.6. The highest BCUT2D eigenvalue weighted by molar-refractivity contribution is 6.43. The van der Waals surface area contributed by atoms with Crippen molar-refractivity contribution in [2.24, 2.45) is 17.8 Å². The number of phenols is 1. The SMILES string of the molecule is CCCC1=C2[C@@H](CC/C(=C/c3ccc(O)c4ccccc34)c3ccccc3)OB(O)C[C@@H]2[C@@H]2C(=O)c3ccccc3C(=O)[C@@H]2C1. The van der Waals surface area contributed by atoms with Crippen molar-refractivity contribution in [3.63, 3.8) is 0 Å². The Balaban J connectivity index is 1.26. The number of benzene rings is 4. The average Bonchev–Trinajstić information content (AvgIpc) is 3.06. The van der Waals surface area contributed by atoms with Gasteiger partial charge in [0.1, 0.15) is 5.75 Å². The van der Waals surface area contributed by atoms with Gasteiger partial charge in [-0.3, -0.25) is 9.59 Å². The van der Waals surface area contributed by atoms with Gasteiger partial charge in [-0.1, -0.05) is 110 Å². The van der Waals surface area contributed by atoms with Gasteiger partial charge in [-0.2, -0.15) is 0 Å². The van der Waals surface area contributed by atoms with Crippen molar-refractivity contribution in [3.8, 4) is 5.75 Å². The molecule has 6 heteroatoms. The zero-order valence-corrected chi connectivity index (χ0v) is 25.5. The van der Waals surface area contributed by atoms with Gasteiger partial charge in [0, 0.05) is 28.3 Å². The fourth-order valence-corrected chi connectivity index (χ4v) is 8.07. The number of hydrogen-bond acceptors (Lipinski definition) is 5. The van der Waals surface area contributed by atoms with Crippen LogP contribution in [0.3, 0.4) is 0 Å². The van der Waals surface area contributed by atoms with Gasteiger partial charge in [0.15, 0.2) is 11.6 Å². The molecular formula is C39H37BO5. The minimum Gasteiger partial charge on any atom is -0.507 e. The number of rotatable bonds is 7. The van der Waals surface area contributed by atoms with Crippen molar-refractivity contribution >= 4 is 41.1 Å². The molecule has 0 saturated carbocycles. The number of allylic oxidation sites excluding steroid dienone is 2. The molecule has 2 aliphatic carbocycles. The van der Waals surface area contributed by atoms with Crippen LogP contribution in [0.25, 0.3) is 22.4 Å². The van der Waals surface area contributed by atoms with E-state index in [4.69, 9.17) is 4.65 Å². The lowest BCUT2D eigenvalue weighted by Crippen LogP contribution is -2.50. The third-order valence-corrected chi connectivity index (χ3v) is 10.00. The number of carbonyl (C=O) groups excluding carboxylic acids is 2. The molecule has 4 aromatic carbocycles. The molecule has 1 heterocycles. The van der Waals surface area contributed by atoms with Gasteiger partial charge in [0.25, 0.3) is 0 Å². The van der Waals surface area contributed by atoms with Crippen LogP contribution in [-0.4, -0.2) is 34.9 Å². The molecule has 1 fully saturated rings. The number of phenolic OH excluding ortho intramolecular Hbond substituents is 1. The topological polar surface area (TPSA) is 83.8 Å². The number of ketones is 2. The minimum absolute atomic E-state index is 0.0187. The Morgan fingerprint density at radius 2 is 1.56 bits per heavy atom. The molecule has 0 radical (unpaired) electrons. The van der Waals surface area contributed by atoms with Gasteiger partial charge < -0.3 is 14.8 Å². The lowest BCUT2D eigenvalue weighted by Gasteiger charge is -2.47. The van der Waals surface area contributed by atoms with Gasteiger partial charge >= 0.3 is 7.12 Å². The van der Waals surface area contributed by atoms with Gasteiger partial charge in [-0.05, 0) is 71.6 Å². The third-order valence-electron chi connectivity index (χ3n) is 10.00. The van der Waals surface area contributed by atoms with Crippen LogP contribution in [0, 0.1) is 17.8 Å². The summed E-state index contributed by atoms with van der Waals surface area (Å²) >= 11 is 0. The summed E-state index contributed by atoms with van der Waals surface area (Å²) in [5.74, 6) is -0.771. The largest absolute Gasteiger partial charge is 0.507 e. The molecule has 5 nitrogen and oxygen atoms in total. The Morgan fingerprint density at radius 1 is 0.867 bits per heavy atom. The van der Waals surface area contributed by atoms with Gasteiger partial charge in [0.2, 0.25) is 0 Å². The first-order valence-electron chi connectivity index (χ1n) is 16.1. The lowest BCUT2D eigenvalue weighted by molar-refractivity contribution is 0.0599. The molecule has 45 heavy (non-hydrogen) atoms. The smallest absolute Gasteiger partial charge is 0.455 e. The van der Waals surface area contributed by atoms with Crippen LogP contribution in [0.1, 0.15) is 70.9 Å². The predicted molar refractivity (Wildman–Crippen MR) is 179 cm³/mol. The summed E-state index contributed by atoms with van der Waals surface area (Å²) < 4.78 is 6.31. The van der Waals surface area contributed by atoms with Crippen molar-refractivity contribution in [2.45, 2.75) is 51.5 Å². The van der Waals surface area contributed by atoms with Crippen LogP contribution >= 0.6 is 0 Å². The van der Waals surface area contributed by atoms with E-state index in [1.54, 1.807) is 18.2 Å². The number of hydrogen-bond donors (Lipinski definition) is 2. The summed E-state index contributed by atoms with van der Waals surface area (Å²) in [6.45, 7) is 2.14. The molecule has 7 rings (SSSR count). The van der Waals surface area contributed by atoms with E-state index in [1.807, 2.05) is 60.7 Å². The molecule has 2 N–H and O–H groups in total. The van der Waals surface area contributed by atoms with E-state index in [0.717, 1.165) is 45.9 Å². The first-order chi connectivity index (χ1) is 21.9. The number of aromatic hydroxyl groups is 1. The van der Waals surface area contributed by atoms with E-state index < -0.39 is 19.0 Å². The maximum absolute atomic E-state index is 14.0. The van der Waals surface area contributed by atoms with E-state index in [2.05, 4.69) is 25.1 Å². The first kappa shape index (κ1) is 29.5.